The van der Waals surface area contributed by atoms with Gasteiger partial charge in [-0.3, -0.25) is 4.79 Å². The highest BCUT2D eigenvalue weighted by Crippen LogP contribution is 2.26. The molecule has 0 aliphatic rings. The van der Waals surface area contributed by atoms with Crippen molar-refractivity contribution in [2.75, 3.05) is 13.7 Å². The van der Waals surface area contributed by atoms with Crippen molar-refractivity contribution in [1.82, 2.24) is 5.43 Å². The summed E-state index contributed by atoms with van der Waals surface area (Å²) in [5.41, 5.74) is 3.79. The Morgan fingerprint density at radius 3 is 2.61 bits per heavy atom. The zero-order valence-electron chi connectivity index (χ0n) is 15.1. The van der Waals surface area contributed by atoms with Gasteiger partial charge in [-0.2, -0.15) is 5.10 Å². The first-order chi connectivity index (χ1) is 13.6. The molecule has 0 saturated carbocycles. The average molecular weight is 484 g/mol. The van der Waals surface area contributed by atoms with Crippen molar-refractivity contribution >= 4 is 45.5 Å². The molecular weight excluding hydrogens is 467 g/mol. The van der Waals surface area contributed by atoms with Gasteiger partial charge >= 0.3 is 0 Å². The number of nitrogens with zero attached hydrogens (tertiary/aromatic N) is 1. The molecular formula is C22H17IN2O3. The second kappa shape index (κ2) is 9.24. The Hall–Kier alpha value is -3.05. The van der Waals surface area contributed by atoms with Crippen LogP contribution in [-0.2, 0) is 0 Å². The maximum Gasteiger partial charge on any atom is 0.275 e. The summed E-state index contributed by atoms with van der Waals surface area (Å²) in [5, 5.41) is 6.00. The SMILES string of the molecule is C#CCOc1ccc(/C=N\NC(=O)c2cc3ccccc3cc2OC)cc1I. The molecule has 0 radical (unpaired) electrons. The number of rotatable bonds is 6. The first-order valence-corrected chi connectivity index (χ1v) is 9.46. The predicted octanol–water partition coefficient (Wildman–Crippen LogP) is 4.23. The van der Waals surface area contributed by atoms with Crippen molar-refractivity contribution in [3.05, 3.63) is 69.3 Å². The number of fused-ring (bicyclic) bond motifs is 1. The molecule has 3 aromatic carbocycles. The van der Waals surface area contributed by atoms with E-state index in [9.17, 15) is 4.79 Å². The van der Waals surface area contributed by atoms with Crippen molar-refractivity contribution in [3.8, 4) is 23.8 Å². The number of carbonyl (C=O) groups excluding carboxylic acids is 1. The summed E-state index contributed by atoms with van der Waals surface area (Å²) in [4.78, 5) is 12.6. The lowest BCUT2D eigenvalue weighted by atomic mass is 10.1. The minimum atomic E-state index is -0.345. The summed E-state index contributed by atoms with van der Waals surface area (Å²) in [7, 11) is 1.54. The standard InChI is InChI=1S/C22H17IN2O3/c1-3-10-28-20-9-8-15(11-19(20)23)14-24-25-22(26)18-12-16-6-4-5-7-17(16)13-21(18)27-2/h1,4-9,11-14H,10H2,2H3,(H,25,26)/b24-14-. The largest absolute Gasteiger partial charge is 0.496 e. The molecule has 3 rings (SSSR count). The Labute approximate surface area is 176 Å². The summed E-state index contributed by atoms with van der Waals surface area (Å²) in [5.74, 6) is 3.29. The highest BCUT2D eigenvalue weighted by Gasteiger charge is 2.13. The number of amides is 1. The smallest absolute Gasteiger partial charge is 0.275 e. The Morgan fingerprint density at radius 1 is 1.18 bits per heavy atom. The van der Waals surface area contributed by atoms with Crippen LogP contribution in [0.3, 0.4) is 0 Å². The third-order valence-corrected chi connectivity index (χ3v) is 4.80. The summed E-state index contributed by atoms with van der Waals surface area (Å²) < 4.78 is 11.7. The lowest BCUT2D eigenvalue weighted by molar-refractivity contribution is 0.0952. The van der Waals surface area contributed by atoms with Crippen molar-refractivity contribution in [2.45, 2.75) is 0 Å². The Kier molecular flexibility index (Phi) is 6.50. The van der Waals surface area contributed by atoms with Crippen LogP contribution >= 0.6 is 22.6 Å². The number of hydrogen-bond acceptors (Lipinski definition) is 4. The number of carbonyl (C=O) groups is 1. The quantitative estimate of drug-likeness (QED) is 0.247. The molecule has 0 bridgehead atoms. The van der Waals surface area contributed by atoms with Gasteiger partial charge in [0.15, 0.2) is 0 Å². The van der Waals surface area contributed by atoms with Gasteiger partial charge in [-0.25, -0.2) is 5.43 Å². The van der Waals surface area contributed by atoms with E-state index in [0.717, 1.165) is 19.9 Å². The zero-order chi connectivity index (χ0) is 19.9. The van der Waals surface area contributed by atoms with Crippen LogP contribution in [0.15, 0.2) is 59.7 Å². The first kappa shape index (κ1) is 19.7. The van der Waals surface area contributed by atoms with Gasteiger partial charge in [0.2, 0.25) is 0 Å². The molecule has 28 heavy (non-hydrogen) atoms. The van der Waals surface area contributed by atoms with Gasteiger partial charge in [0.25, 0.3) is 5.91 Å². The number of ether oxygens (including phenoxy) is 2. The topological polar surface area (TPSA) is 59.9 Å². The molecule has 5 nitrogen and oxygen atoms in total. The molecule has 0 heterocycles. The van der Waals surface area contributed by atoms with E-state index >= 15 is 0 Å². The molecule has 0 unspecified atom stereocenters. The van der Waals surface area contributed by atoms with Gasteiger partial charge in [0.1, 0.15) is 18.1 Å². The van der Waals surface area contributed by atoms with E-state index in [1.54, 1.807) is 12.3 Å². The van der Waals surface area contributed by atoms with Crippen LogP contribution in [0.2, 0.25) is 0 Å². The van der Waals surface area contributed by atoms with Crippen molar-refractivity contribution < 1.29 is 14.3 Å². The molecule has 0 aliphatic heterocycles. The minimum absolute atomic E-state index is 0.215. The Balaban J connectivity index is 1.74. The van der Waals surface area contributed by atoms with E-state index in [4.69, 9.17) is 15.9 Å². The Morgan fingerprint density at radius 2 is 1.93 bits per heavy atom. The molecule has 0 aromatic heterocycles. The van der Waals surface area contributed by atoms with Crippen molar-refractivity contribution in [1.29, 1.82) is 0 Å². The van der Waals surface area contributed by atoms with Gasteiger partial charge in [-0.1, -0.05) is 30.2 Å². The third kappa shape index (κ3) is 4.61. The number of halogens is 1. The molecule has 3 aromatic rings. The van der Waals surface area contributed by atoms with Gasteiger partial charge in [-0.15, -0.1) is 6.42 Å². The van der Waals surface area contributed by atoms with Crippen LogP contribution in [-0.4, -0.2) is 25.8 Å². The molecule has 1 N–H and O–H groups in total. The molecule has 0 aliphatic carbocycles. The van der Waals surface area contributed by atoms with Crippen LogP contribution in [0.25, 0.3) is 10.8 Å². The van der Waals surface area contributed by atoms with Crippen molar-refractivity contribution in [3.63, 3.8) is 0 Å². The molecule has 1 amide bonds. The van der Waals surface area contributed by atoms with Crippen LogP contribution in [0.1, 0.15) is 15.9 Å². The molecule has 0 fully saturated rings. The maximum atomic E-state index is 12.6. The van der Waals surface area contributed by atoms with E-state index < -0.39 is 0 Å². The monoisotopic (exact) mass is 484 g/mol. The second-order valence-electron chi connectivity index (χ2n) is 5.78. The normalized spacial score (nSPS) is 10.6. The second-order valence-corrected chi connectivity index (χ2v) is 6.94. The zero-order valence-corrected chi connectivity index (χ0v) is 17.3. The molecule has 0 saturated heterocycles. The van der Waals surface area contributed by atoms with Crippen LogP contribution in [0, 0.1) is 15.9 Å². The molecule has 0 spiro atoms. The van der Waals surface area contributed by atoms with Crippen molar-refractivity contribution in [2.24, 2.45) is 5.10 Å². The fourth-order valence-corrected chi connectivity index (χ4v) is 3.32. The number of hydrogen-bond donors (Lipinski definition) is 1. The summed E-state index contributed by atoms with van der Waals surface area (Å²) >= 11 is 2.16. The fraction of sp³-hybridized carbons (Fsp3) is 0.0909. The third-order valence-electron chi connectivity index (χ3n) is 3.96. The first-order valence-electron chi connectivity index (χ1n) is 8.38. The highest BCUT2D eigenvalue weighted by atomic mass is 127. The predicted molar refractivity (Wildman–Crippen MR) is 119 cm³/mol. The van der Waals surface area contributed by atoms with Gasteiger partial charge in [-0.05, 0) is 69.3 Å². The molecule has 140 valence electrons. The van der Waals surface area contributed by atoms with E-state index in [1.165, 1.54) is 7.11 Å². The van der Waals surface area contributed by atoms with Gasteiger partial charge < -0.3 is 9.47 Å². The number of benzene rings is 3. The number of methoxy groups -OCH3 is 1. The summed E-state index contributed by atoms with van der Waals surface area (Å²) in [6, 6.07) is 16.9. The van der Waals surface area contributed by atoms with Crippen LogP contribution in [0.4, 0.5) is 0 Å². The van der Waals surface area contributed by atoms with E-state index in [2.05, 4.69) is 39.0 Å². The minimum Gasteiger partial charge on any atom is -0.496 e. The number of hydrazone groups is 1. The molecule has 6 heteroatoms. The summed E-state index contributed by atoms with van der Waals surface area (Å²) in [6.45, 7) is 0.215. The Bertz CT molecular complexity index is 1090. The van der Waals surface area contributed by atoms with Gasteiger partial charge in [0, 0.05) is 0 Å². The van der Waals surface area contributed by atoms with E-state index in [0.29, 0.717) is 17.1 Å². The number of nitrogens with one attached hydrogen (secondary N) is 1. The van der Waals surface area contributed by atoms with E-state index in [-0.39, 0.29) is 12.5 Å². The highest BCUT2D eigenvalue weighted by molar-refractivity contribution is 14.1. The van der Waals surface area contributed by atoms with Gasteiger partial charge in [0.05, 0.1) is 22.5 Å². The number of terminal acetylenes is 1. The van der Waals surface area contributed by atoms with E-state index in [1.807, 2.05) is 48.5 Å². The molecule has 0 atom stereocenters. The maximum absolute atomic E-state index is 12.6. The fourth-order valence-electron chi connectivity index (χ4n) is 2.63. The lowest BCUT2D eigenvalue weighted by Gasteiger charge is -2.09. The summed E-state index contributed by atoms with van der Waals surface area (Å²) in [6.07, 6.45) is 6.77. The lowest BCUT2D eigenvalue weighted by Crippen LogP contribution is -2.18. The van der Waals surface area contributed by atoms with Crippen LogP contribution < -0.4 is 14.9 Å². The van der Waals surface area contributed by atoms with Crippen LogP contribution in [0.5, 0.6) is 11.5 Å². The average Bonchev–Trinajstić information content (AvgIpc) is 2.72.